The predicted molar refractivity (Wildman–Crippen MR) is 67.5 cm³/mol. The Bertz CT molecular complexity index is 391. The SMILES string of the molecule is Cc1ccc(C(NC(C)C)C(=O)O)c(Br)c1. The summed E-state index contributed by atoms with van der Waals surface area (Å²) in [7, 11) is 0. The third kappa shape index (κ3) is 3.32. The van der Waals surface area contributed by atoms with Crippen molar-refractivity contribution in [3.05, 3.63) is 33.8 Å². The van der Waals surface area contributed by atoms with E-state index in [4.69, 9.17) is 0 Å². The summed E-state index contributed by atoms with van der Waals surface area (Å²) in [6, 6.07) is 5.13. The molecule has 0 heterocycles. The van der Waals surface area contributed by atoms with Gasteiger partial charge in [-0.15, -0.1) is 0 Å². The van der Waals surface area contributed by atoms with Crippen molar-refractivity contribution in [2.45, 2.75) is 32.9 Å². The molecule has 3 nitrogen and oxygen atoms in total. The van der Waals surface area contributed by atoms with Crippen LogP contribution in [0.5, 0.6) is 0 Å². The number of aryl methyl sites for hydroxylation is 1. The van der Waals surface area contributed by atoms with Crippen molar-refractivity contribution in [2.24, 2.45) is 0 Å². The lowest BCUT2D eigenvalue weighted by atomic mass is 10.0. The van der Waals surface area contributed by atoms with Crippen LogP contribution in [0.3, 0.4) is 0 Å². The number of carbonyl (C=O) groups is 1. The van der Waals surface area contributed by atoms with Gasteiger partial charge in [0.25, 0.3) is 0 Å². The normalized spacial score (nSPS) is 12.8. The van der Waals surface area contributed by atoms with E-state index in [1.54, 1.807) is 0 Å². The molecule has 2 N–H and O–H groups in total. The molecule has 0 aliphatic heterocycles. The monoisotopic (exact) mass is 285 g/mol. The molecular weight excluding hydrogens is 270 g/mol. The van der Waals surface area contributed by atoms with E-state index in [9.17, 15) is 9.90 Å². The number of aliphatic carboxylic acids is 1. The van der Waals surface area contributed by atoms with Crippen LogP contribution in [-0.2, 0) is 4.79 Å². The summed E-state index contributed by atoms with van der Waals surface area (Å²) in [5.41, 5.74) is 1.86. The van der Waals surface area contributed by atoms with Crippen LogP contribution in [0.15, 0.2) is 22.7 Å². The van der Waals surface area contributed by atoms with Gasteiger partial charge in [0.2, 0.25) is 0 Å². The van der Waals surface area contributed by atoms with E-state index < -0.39 is 12.0 Å². The predicted octanol–water partition coefficient (Wildman–Crippen LogP) is 2.88. The molecule has 1 aromatic carbocycles. The minimum atomic E-state index is -0.863. The maximum Gasteiger partial charge on any atom is 0.325 e. The van der Waals surface area contributed by atoms with Gasteiger partial charge < -0.3 is 5.11 Å². The summed E-state index contributed by atoms with van der Waals surface area (Å²) < 4.78 is 0.827. The van der Waals surface area contributed by atoms with E-state index in [0.29, 0.717) is 0 Å². The second-order valence-corrected chi connectivity index (χ2v) is 4.97. The standard InChI is InChI=1S/C12H16BrNO2/c1-7(2)14-11(12(15)16)9-5-4-8(3)6-10(9)13/h4-7,11,14H,1-3H3,(H,15,16). The molecule has 0 spiro atoms. The molecule has 0 aliphatic rings. The molecule has 0 bridgehead atoms. The lowest BCUT2D eigenvalue weighted by Crippen LogP contribution is -2.33. The van der Waals surface area contributed by atoms with Gasteiger partial charge in [-0.2, -0.15) is 0 Å². The molecule has 0 aliphatic carbocycles. The molecular formula is C12H16BrNO2. The molecule has 4 heteroatoms. The number of carboxylic acids is 1. The van der Waals surface area contributed by atoms with Crippen molar-refractivity contribution in [1.82, 2.24) is 5.32 Å². The maximum absolute atomic E-state index is 11.2. The molecule has 1 unspecified atom stereocenters. The highest BCUT2D eigenvalue weighted by Gasteiger charge is 2.22. The van der Waals surface area contributed by atoms with Crippen molar-refractivity contribution in [3.8, 4) is 0 Å². The Labute approximate surface area is 104 Å². The van der Waals surface area contributed by atoms with Gasteiger partial charge in [0.05, 0.1) is 0 Å². The zero-order valence-corrected chi connectivity index (χ0v) is 11.2. The van der Waals surface area contributed by atoms with Gasteiger partial charge in [0, 0.05) is 10.5 Å². The quantitative estimate of drug-likeness (QED) is 0.894. The van der Waals surface area contributed by atoms with Crippen LogP contribution in [0, 0.1) is 6.92 Å². The van der Waals surface area contributed by atoms with Gasteiger partial charge in [-0.25, -0.2) is 0 Å². The molecule has 0 radical (unpaired) electrons. The van der Waals surface area contributed by atoms with Crippen molar-refractivity contribution in [3.63, 3.8) is 0 Å². The molecule has 0 aromatic heterocycles. The average Bonchev–Trinajstić information content (AvgIpc) is 2.14. The minimum Gasteiger partial charge on any atom is -0.480 e. The summed E-state index contributed by atoms with van der Waals surface area (Å²) in [4.78, 5) is 11.2. The fourth-order valence-corrected chi connectivity index (χ4v) is 2.22. The maximum atomic E-state index is 11.2. The molecule has 16 heavy (non-hydrogen) atoms. The smallest absolute Gasteiger partial charge is 0.325 e. The third-order valence-electron chi connectivity index (χ3n) is 2.21. The molecule has 1 rings (SSSR count). The van der Waals surface area contributed by atoms with Gasteiger partial charge in [0.15, 0.2) is 0 Å². The van der Waals surface area contributed by atoms with Crippen LogP contribution >= 0.6 is 15.9 Å². The van der Waals surface area contributed by atoms with E-state index in [0.717, 1.165) is 15.6 Å². The largest absolute Gasteiger partial charge is 0.480 e. The number of nitrogens with one attached hydrogen (secondary N) is 1. The van der Waals surface area contributed by atoms with Gasteiger partial charge in [-0.1, -0.05) is 28.1 Å². The zero-order valence-electron chi connectivity index (χ0n) is 9.62. The Kier molecular flexibility index (Phi) is 4.50. The first-order valence-electron chi connectivity index (χ1n) is 5.16. The van der Waals surface area contributed by atoms with E-state index in [2.05, 4.69) is 21.2 Å². The van der Waals surface area contributed by atoms with Gasteiger partial charge in [0.1, 0.15) is 6.04 Å². The minimum absolute atomic E-state index is 0.120. The molecule has 0 fully saturated rings. The molecule has 1 atom stereocenters. The van der Waals surface area contributed by atoms with Crippen LogP contribution in [0.2, 0.25) is 0 Å². The zero-order chi connectivity index (χ0) is 12.3. The summed E-state index contributed by atoms with van der Waals surface area (Å²) in [5.74, 6) is -0.863. The van der Waals surface area contributed by atoms with Crippen molar-refractivity contribution in [1.29, 1.82) is 0 Å². The number of carboxylic acid groups (broad SMARTS) is 1. The van der Waals surface area contributed by atoms with E-state index in [-0.39, 0.29) is 6.04 Å². The summed E-state index contributed by atoms with van der Waals surface area (Å²) in [5, 5.41) is 12.2. The lowest BCUT2D eigenvalue weighted by Gasteiger charge is -2.19. The van der Waals surface area contributed by atoms with Crippen molar-refractivity contribution < 1.29 is 9.90 Å². The van der Waals surface area contributed by atoms with Crippen molar-refractivity contribution >= 4 is 21.9 Å². The Morgan fingerprint density at radius 1 is 1.44 bits per heavy atom. The fourth-order valence-electron chi connectivity index (χ4n) is 1.49. The Hall–Kier alpha value is -0.870. The highest BCUT2D eigenvalue weighted by atomic mass is 79.9. The van der Waals surface area contributed by atoms with Crippen LogP contribution in [-0.4, -0.2) is 17.1 Å². The highest BCUT2D eigenvalue weighted by molar-refractivity contribution is 9.10. The first kappa shape index (κ1) is 13.2. The average molecular weight is 286 g/mol. The molecule has 88 valence electrons. The number of hydrogen-bond acceptors (Lipinski definition) is 2. The van der Waals surface area contributed by atoms with E-state index in [1.807, 2.05) is 39.0 Å². The summed E-state index contributed by atoms with van der Waals surface area (Å²) in [6.45, 7) is 5.83. The van der Waals surface area contributed by atoms with Crippen LogP contribution in [0.1, 0.15) is 31.0 Å². The summed E-state index contributed by atoms with van der Waals surface area (Å²) in [6.07, 6.45) is 0. The van der Waals surface area contributed by atoms with E-state index in [1.165, 1.54) is 0 Å². The lowest BCUT2D eigenvalue weighted by molar-refractivity contribution is -0.139. The third-order valence-corrected chi connectivity index (χ3v) is 2.90. The first-order valence-corrected chi connectivity index (χ1v) is 5.96. The number of benzene rings is 1. The second-order valence-electron chi connectivity index (χ2n) is 4.12. The molecule has 0 saturated carbocycles. The molecule has 0 saturated heterocycles. The van der Waals surface area contributed by atoms with Crippen molar-refractivity contribution in [2.75, 3.05) is 0 Å². The van der Waals surface area contributed by atoms with Crippen LogP contribution in [0.25, 0.3) is 0 Å². The van der Waals surface area contributed by atoms with Gasteiger partial charge >= 0.3 is 5.97 Å². The second kappa shape index (κ2) is 5.46. The molecule has 1 aromatic rings. The van der Waals surface area contributed by atoms with Gasteiger partial charge in [-0.05, 0) is 38.0 Å². The van der Waals surface area contributed by atoms with Crippen LogP contribution in [0.4, 0.5) is 0 Å². The fraction of sp³-hybridized carbons (Fsp3) is 0.417. The number of halogens is 1. The highest BCUT2D eigenvalue weighted by Crippen LogP contribution is 2.25. The summed E-state index contributed by atoms with van der Waals surface area (Å²) >= 11 is 3.40. The van der Waals surface area contributed by atoms with Gasteiger partial charge in [-0.3, -0.25) is 10.1 Å². The van der Waals surface area contributed by atoms with Crippen LogP contribution < -0.4 is 5.32 Å². The number of rotatable bonds is 4. The first-order chi connectivity index (χ1) is 7.41. The topological polar surface area (TPSA) is 49.3 Å². The Balaban J connectivity index is 3.06. The Morgan fingerprint density at radius 3 is 2.50 bits per heavy atom. The number of hydrogen-bond donors (Lipinski definition) is 2. The van der Waals surface area contributed by atoms with E-state index >= 15 is 0 Å². The molecule has 0 amide bonds. The Morgan fingerprint density at radius 2 is 2.06 bits per heavy atom.